The molecule has 0 N–H and O–H groups in total. The fraction of sp³-hybridized carbons (Fsp3) is 0.917. The van der Waals surface area contributed by atoms with Crippen molar-refractivity contribution in [2.24, 2.45) is 5.92 Å². The summed E-state index contributed by atoms with van der Waals surface area (Å²) in [7, 11) is 0. The van der Waals surface area contributed by atoms with Gasteiger partial charge in [0, 0.05) is 0 Å². The minimum absolute atomic E-state index is 0.101. The number of hydrogen-bond donors (Lipinski definition) is 0. The molecule has 0 bridgehead atoms. The Labute approximate surface area is 117 Å². The average Bonchev–Trinajstić information content (AvgIpc) is 2.36. The van der Waals surface area contributed by atoms with Gasteiger partial charge in [0.05, 0.1) is 6.61 Å². The fourth-order valence-corrected chi connectivity index (χ4v) is 2.29. The third-order valence-corrected chi connectivity index (χ3v) is 3.57. The molecule has 0 saturated heterocycles. The monoisotopic (exact) mass is 321 g/mol. The lowest BCUT2D eigenvalue weighted by atomic mass is 9.87. The van der Waals surface area contributed by atoms with E-state index in [0.717, 1.165) is 32.1 Å². The normalized spacial score (nSPS) is 18.6. The predicted molar refractivity (Wildman–Crippen MR) is 57.0 cm³/mol. The Morgan fingerprint density at radius 1 is 1.00 bits per heavy atom. The van der Waals surface area contributed by atoms with Crippen LogP contribution < -0.4 is 5.11 Å². The van der Waals surface area contributed by atoms with Gasteiger partial charge in [0.15, 0.2) is 5.60 Å². The Hall–Kier alpha value is -0.990. The van der Waals surface area contributed by atoms with Gasteiger partial charge in [-0.05, 0) is 12.3 Å². The number of halogens is 6. The molecule has 0 radical (unpaired) electrons. The minimum atomic E-state index is -6.30. The van der Waals surface area contributed by atoms with Crippen molar-refractivity contribution in [2.75, 3.05) is 6.61 Å². The van der Waals surface area contributed by atoms with Crippen LogP contribution >= 0.6 is 0 Å². The van der Waals surface area contributed by atoms with Crippen LogP contribution in [0.4, 0.5) is 26.3 Å². The van der Waals surface area contributed by atoms with Crippen LogP contribution in [-0.2, 0) is 9.53 Å². The Morgan fingerprint density at radius 2 is 1.48 bits per heavy atom. The minimum Gasteiger partial charge on any atom is -0.828 e. The van der Waals surface area contributed by atoms with Crippen LogP contribution in [0.1, 0.15) is 38.5 Å². The lowest BCUT2D eigenvalue weighted by Crippen LogP contribution is -2.71. The molecule has 0 atom stereocenters. The van der Waals surface area contributed by atoms with Crippen LogP contribution in [0.3, 0.4) is 0 Å². The molecule has 3 nitrogen and oxygen atoms in total. The molecule has 0 heterocycles. The van der Waals surface area contributed by atoms with Crippen molar-refractivity contribution in [1.29, 1.82) is 0 Å². The van der Waals surface area contributed by atoms with E-state index < -0.39 is 30.5 Å². The average molecular weight is 321 g/mol. The number of carbonyl (C=O) groups is 1. The van der Waals surface area contributed by atoms with Gasteiger partial charge in [-0.1, -0.05) is 32.1 Å². The predicted octanol–water partition coefficient (Wildman–Crippen LogP) is 2.72. The van der Waals surface area contributed by atoms with E-state index >= 15 is 0 Å². The van der Waals surface area contributed by atoms with Gasteiger partial charge in [-0.25, -0.2) is 0 Å². The third-order valence-electron chi connectivity index (χ3n) is 3.57. The summed E-state index contributed by atoms with van der Waals surface area (Å²) in [4.78, 5) is 11.0. The number of carbonyl (C=O) groups excluding carboxylic acids is 1. The third kappa shape index (κ3) is 4.02. The topological polar surface area (TPSA) is 49.4 Å². The Bertz CT molecular complexity index is 343. The molecular weight excluding hydrogens is 306 g/mol. The van der Waals surface area contributed by atoms with Crippen molar-refractivity contribution in [1.82, 2.24) is 0 Å². The highest BCUT2D eigenvalue weighted by Gasteiger charge is 2.68. The van der Waals surface area contributed by atoms with Crippen LogP contribution in [0.5, 0.6) is 0 Å². The van der Waals surface area contributed by atoms with Crippen LogP contribution in [-0.4, -0.2) is 30.5 Å². The zero-order valence-electron chi connectivity index (χ0n) is 11.0. The summed E-state index contributed by atoms with van der Waals surface area (Å²) < 4.78 is 77.8. The zero-order valence-corrected chi connectivity index (χ0v) is 11.0. The van der Waals surface area contributed by atoms with E-state index in [2.05, 4.69) is 4.74 Å². The number of hydrogen-bond acceptors (Lipinski definition) is 3. The Morgan fingerprint density at radius 3 is 1.90 bits per heavy atom. The maximum absolute atomic E-state index is 12.3. The molecule has 1 rings (SSSR count). The lowest BCUT2D eigenvalue weighted by molar-refractivity contribution is -0.574. The summed E-state index contributed by atoms with van der Waals surface area (Å²) in [6.07, 6.45) is -7.97. The molecule has 0 aromatic rings. The summed E-state index contributed by atoms with van der Waals surface area (Å²) in [5.74, 6) is -2.73. The molecule has 124 valence electrons. The molecule has 0 aromatic heterocycles. The molecule has 1 aliphatic rings. The van der Waals surface area contributed by atoms with Gasteiger partial charge in [0.1, 0.15) is 0 Å². The van der Waals surface area contributed by atoms with Crippen LogP contribution in [0.15, 0.2) is 0 Å². The molecule has 0 spiro atoms. The van der Waals surface area contributed by atoms with E-state index in [0.29, 0.717) is 0 Å². The lowest BCUT2D eigenvalue weighted by Gasteiger charge is -2.40. The molecule has 0 aliphatic heterocycles. The highest BCUT2D eigenvalue weighted by molar-refractivity contribution is 5.81. The molecule has 1 fully saturated rings. The van der Waals surface area contributed by atoms with Gasteiger partial charge in [-0.2, -0.15) is 26.3 Å². The van der Waals surface area contributed by atoms with Crippen molar-refractivity contribution in [3.05, 3.63) is 0 Å². The SMILES string of the molecule is O=C(OCCC1CCCCC1)C([O-])(C(F)(F)F)C(F)(F)F. The van der Waals surface area contributed by atoms with Gasteiger partial charge < -0.3 is 9.84 Å². The quantitative estimate of drug-likeness (QED) is 0.591. The second-order valence-electron chi connectivity index (χ2n) is 5.11. The molecule has 1 aliphatic carbocycles. The Balaban J connectivity index is 2.62. The van der Waals surface area contributed by atoms with Crippen molar-refractivity contribution >= 4 is 5.97 Å². The van der Waals surface area contributed by atoms with Gasteiger partial charge in [0.2, 0.25) is 0 Å². The summed E-state index contributed by atoms with van der Waals surface area (Å²) in [6.45, 7) is -0.611. The smallest absolute Gasteiger partial charge is 0.399 e. The van der Waals surface area contributed by atoms with Gasteiger partial charge in [-0.15, -0.1) is 0 Å². The molecule has 9 heteroatoms. The number of ether oxygens (including phenoxy) is 1. The van der Waals surface area contributed by atoms with E-state index in [4.69, 9.17) is 0 Å². The maximum atomic E-state index is 12.3. The molecular formula is C12H15F6O3-. The first-order chi connectivity index (χ1) is 9.50. The van der Waals surface area contributed by atoms with Gasteiger partial charge >= 0.3 is 18.3 Å². The summed E-state index contributed by atoms with van der Waals surface area (Å²) in [5.41, 5.74) is -5.73. The summed E-state index contributed by atoms with van der Waals surface area (Å²) in [6, 6.07) is 0. The van der Waals surface area contributed by atoms with Crippen LogP contribution in [0.25, 0.3) is 0 Å². The van der Waals surface area contributed by atoms with E-state index in [1.807, 2.05) is 0 Å². The highest BCUT2D eigenvalue weighted by atomic mass is 19.4. The van der Waals surface area contributed by atoms with Crippen molar-refractivity contribution < 1.29 is 41.0 Å². The zero-order chi connectivity index (χ0) is 16.3. The fourth-order valence-electron chi connectivity index (χ4n) is 2.29. The van der Waals surface area contributed by atoms with Crippen molar-refractivity contribution in [3.63, 3.8) is 0 Å². The maximum Gasteiger partial charge on any atom is 0.399 e. The number of rotatable bonds is 4. The second-order valence-corrected chi connectivity index (χ2v) is 5.11. The highest BCUT2D eigenvalue weighted by Crippen LogP contribution is 2.41. The van der Waals surface area contributed by atoms with Gasteiger partial charge in [-0.3, -0.25) is 4.79 Å². The molecule has 1 saturated carbocycles. The molecule has 0 aromatic carbocycles. The van der Waals surface area contributed by atoms with Gasteiger partial charge in [0.25, 0.3) is 0 Å². The second kappa shape index (κ2) is 6.41. The number of alkyl halides is 6. The summed E-state index contributed by atoms with van der Waals surface area (Å²) >= 11 is 0. The first kappa shape index (κ1) is 18.1. The standard InChI is InChI=1S/C12H15F6O3/c13-11(14,15)10(20,12(16,17)18)9(19)21-7-6-8-4-2-1-3-5-8/h8H,1-7H2/q-1. The van der Waals surface area contributed by atoms with Crippen LogP contribution in [0.2, 0.25) is 0 Å². The van der Waals surface area contributed by atoms with Crippen molar-refractivity contribution in [2.45, 2.75) is 56.5 Å². The molecule has 21 heavy (non-hydrogen) atoms. The van der Waals surface area contributed by atoms with E-state index in [1.165, 1.54) is 0 Å². The van der Waals surface area contributed by atoms with E-state index in [9.17, 15) is 36.2 Å². The first-order valence-electron chi connectivity index (χ1n) is 6.51. The molecule has 0 amide bonds. The van der Waals surface area contributed by atoms with E-state index in [1.54, 1.807) is 0 Å². The summed E-state index contributed by atoms with van der Waals surface area (Å²) in [5, 5.41) is 11.0. The number of esters is 1. The first-order valence-corrected chi connectivity index (χ1v) is 6.51. The molecule has 0 unspecified atom stereocenters. The Kier molecular flexibility index (Phi) is 5.51. The van der Waals surface area contributed by atoms with Crippen LogP contribution in [0, 0.1) is 5.92 Å². The van der Waals surface area contributed by atoms with Crippen molar-refractivity contribution in [3.8, 4) is 0 Å². The van der Waals surface area contributed by atoms with E-state index in [-0.39, 0.29) is 12.3 Å². The largest absolute Gasteiger partial charge is 0.828 e.